The van der Waals surface area contributed by atoms with Gasteiger partial charge in [0, 0.05) is 24.5 Å². The number of benzene rings is 1. The Morgan fingerprint density at radius 2 is 1.72 bits per heavy atom. The van der Waals surface area contributed by atoms with Crippen LogP contribution in [0.3, 0.4) is 0 Å². The first-order valence-electron chi connectivity index (χ1n) is 6.71. The predicted molar refractivity (Wildman–Crippen MR) is 74.4 cm³/mol. The maximum absolute atomic E-state index is 4.60. The molecule has 0 unspecified atom stereocenters. The van der Waals surface area contributed by atoms with Crippen molar-refractivity contribution in [3.05, 3.63) is 42.2 Å². The highest BCUT2D eigenvalue weighted by atomic mass is 15.3. The van der Waals surface area contributed by atoms with Gasteiger partial charge in [-0.3, -0.25) is 4.57 Å². The number of para-hydroxylation sites is 1. The number of imidazole rings is 1. The van der Waals surface area contributed by atoms with Crippen LogP contribution in [-0.4, -0.2) is 22.6 Å². The van der Waals surface area contributed by atoms with E-state index in [0.29, 0.717) is 0 Å². The van der Waals surface area contributed by atoms with Crippen molar-refractivity contribution in [2.24, 2.45) is 0 Å². The van der Waals surface area contributed by atoms with Crippen molar-refractivity contribution in [1.29, 1.82) is 0 Å². The second-order valence-electron chi connectivity index (χ2n) is 4.92. The zero-order chi connectivity index (χ0) is 12.4. The molecule has 18 heavy (non-hydrogen) atoms. The molecular formula is C15H19N3. The molecule has 1 aliphatic heterocycles. The van der Waals surface area contributed by atoms with Crippen LogP contribution in [0.15, 0.2) is 36.5 Å². The molecule has 0 amide bonds. The fourth-order valence-electron chi connectivity index (χ4n) is 2.64. The second kappa shape index (κ2) is 4.84. The number of nitrogens with zero attached hydrogens (tertiary/aromatic N) is 3. The molecular weight excluding hydrogens is 222 g/mol. The molecule has 1 aromatic heterocycles. The molecule has 0 radical (unpaired) electrons. The van der Waals surface area contributed by atoms with Crippen LogP contribution in [0.4, 0.5) is 5.95 Å². The highest BCUT2D eigenvalue weighted by Crippen LogP contribution is 2.23. The zero-order valence-corrected chi connectivity index (χ0v) is 10.8. The van der Waals surface area contributed by atoms with Crippen LogP contribution in [0, 0.1) is 6.92 Å². The molecule has 94 valence electrons. The van der Waals surface area contributed by atoms with Crippen molar-refractivity contribution in [3.63, 3.8) is 0 Å². The Morgan fingerprint density at radius 1 is 1.00 bits per heavy atom. The van der Waals surface area contributed by atoms with Gasteiger partial charge in [-0.2, -0.15) is 0 Å². The van der Waals surface area contributed by atoms with E-state index in [1.807, 2.05) is 6.20 Å². The van der Waals surface area contributed by atoms with Gasteiger partial charge in [0.2, 0.25) is 5.95 Å². The second-order valence-corrected chi connectivity index (χ2v) is 4.92. The maximum Gasteiger partial charge on any atom is 0.210 e. The summed E-state index contributed by atoms with van der Waals surface area (Å²) in [6, 6.07) is 10.5. The Labute approximate surface area is 108 Å². The molecule has 0 saturated carbocycles. The quantitative estimate of drug-likeness (QED) is 0.805. The lowest BCUT2D eigenvalue weighted by atomic mass is 10.1. The molecule has 0 N–H and O–H groups in total. The van der Waals surface area contributed by atoms with E-state index in [2.05, 4.69) is 51.7 Å². The average Bonchev–Trinajstić information content (AvgIpc) is 2.83. The van der Waals surface area contributed by atoms with Crippen LogP contribution in [0.1, 0.15) is 25.0 Å². The highest BCUT2D eigenvalue weighted by Gasteiger charge is 2.17. The van der Waals surface area contributed by atoms with Crippen LogP contribution in [0.5, 0.6) is 0 Å². The smallest absolute Gasteiger partial charge is 0.210 e. The molecule has 3 rings (SSSR count). The van der Waals surface area contributed by atoms with E-state index < -0.39 is 0 Å². The van der Waals surface area contributed by atoms with Gasteiger partial charge in [-0.25, -0.2) is 4.98 Å². The summed E-state index contributed by atoms with van der Waals surface area (Å²) in [5.41, 5.74) is 2.40. The van der Waals surface area contributed by atoms with Gasteiger partial charge in [0.1, 0.15) is 0 Å². The molecule has 1 fully saturated rings. The minimum Gasteiger partial charge on any atom is -0.342 e. The third-order valence-corrected chi connectivity index (χ3v) is 3.57. The Hall–Kier alpha value is -1.77. The number of hydrogen-bond donors (Lipinski definition) is 0. The van der Waals surface area contributed by atoms with E-state index in [4.69, 9.17) is 0 Å². The summed E-state index contributed by atoms with van der Waals surface area (Å²) in [6.45, 7) is 4.38. The summed E-state index contributed by atoms with van der Waals surface area (Å²) < 4.78 is 2.26. The number of rotatable bonds is 2. The third kappa shape index (κ3) is 2.01. The largest absolute Gasteiger partial charge is 0.342 e. The number of hydrogen-bond acceptors (Lipinski definition) is 2. The van der Waals surface area contributed by atoms with E-state index >= 15 is 0 Å². The average molecular weight is 241 g/mol. The van der Waals surface area contributed by atoms with Gasteiger partial charge in [-0.1, -0.05) is 18.2 Å². The predicted octanol–water partition coefficient (Wildman–Crippen LogP) is 3.17. The molecule has 1 aromatic carbocycles. The number of aryl methyl sites for hydroxylation is 1. The summed E-state index contributed by atoms with van der Waals surface area (Å²) >= 11 is 0. The molecule has 0 atom stereocenters. The van der Waals surface area contributed by atoms with E-state index in [9.17, 15) is 0 Å². The highest BCUT2D eigenvalue weighted by molar-refractivity contribution is 5.46. The maximum atomic E-state index is 4.60. The molecule has 2 heterocycles. The molecule has 2 aromatic rings. The van der Waals surface area contributed by atoms with Gasteiger partial charge in [-0.15, -0.1) is 0 Å². The molecule has 1 aliphatic rings. The lowest BCUT2D eigenvalue weighted by Crippen LogP contribution is -2.31. The van der Waals surface area contributed by atoms with Crippen molar-refractivity contribution < 1.29 is 0 Å². The molecule has 0 aliphatic carbocycles. The van der Waals surface area contributed by atoms with E-state index in [1.165, 1.54) is 30.6 Å². The Bertz CT molecular complexity index is 510. The number of piperidine rings is 1. The van der Waals surface area contributed by atoms with Gasteiger partial charge >= 0.3 is 0 Å². The van der Waals surface area contributed by atoms with Gasteiger partial charge in [0.05, 0.1) is 6.20 Å². The lowest BCUT2D eigenvalue weighted by Gasteiger charge is -2.28. The van der Waals surface area contributed by atoms with Gasteiger partial charge in [0.25, 0.3) is 0 Å². The topological polar surface area (TPSA) is 21.1 Å². The lowest BCUT2D eigenvalue weighted by molar-refractivity contribution is 0.565. The Balaban J connectivity index is 2.01. The van der Waals surface area contributed by atoms with Crippen LogP contribution in [0.25, 0.3) is 5.69 Å². The fourth-order valence-corrected chi connectivity index (χ4v) is 2.64. The fraction of sp³-hybridized carbons (Fsp3) is 0.400. The van der Waals surface area contributed by atoms with Crippen molar-refractivity contribution in [3.8, 4) is 5.69 Å². The molecule has 1 saturated heterocycles. The van der Waals surface area contributed by atoms with Crippen molar-refractivity contribution in [2.45, 2.75) is 26.2 Å². The van der Waals surface area contributed by atoms with Gasteiger partial charge < -0.3 is 4.90 Å². The van der Waals surface area contributed by atoms with Gasteiger partial charge in [0.15, 0.2) is 0 Å². The summed E-state index contributed by atoms with van der Waals surface area (Å²) in [4.78, 5) is 7.01. The van der Waals surface area contributed by atoms with Gasteiger partial charge in [-0.05, 0) is 38.3 Å². The summed E-state index contributed by atoms with van der Waals surface area (Å²) in [5, 5.41) is 0. The number of aromatic nitrogens is 2. The Morgan fingerprint density at radius 3 is 2.44 bits per heavy atom. The normalized spacial score (nSPS) is 15.9. The van der Waals surface area contributed by atoms with Crippen molar-refractivity contribution in [2.75, 3.05) is 18.0 Å². The van der Waals surface area contributed by atoms with Crippen LogP contribution >= 0.6 is 0 Å². The standard InChI is InChI=1S/C15H19N3/c1-13-12-16-15(17-10-6-3-7-11-17)18(13)14-8-4-2-5-9-14/h2,4-5,8-9,12H,3,6-7,10-11H2,1H3. The van der Waals surface area contributed by atoms with Crippen LogP contribution in [0.2, 0.25) is 0 Å². The van der Waals surface area contributed by atoms with Crippen LogP contribution in [-0.2, 0) is 0 Å². The van der Waals surface area contributed by atoms with E-state index in [1.54, 1.807) is 0 Å². The molecule has 0 spiro atoms. The molecule has 0 bridgehead atoms. The summed E-state index contributed by atoms with van der Waals surface area (Å²) in [7, 11) is 0. The minimum atomic E-state index is 1.10. The monoisotopic (exact) mass is 241 g/mol. The zero-order valence-electron chi connectivity index (χ0n) is 10.8. The SMILES string of the molecule is Cc1cnc(N2CCCCC2)n1-c1ccccc1. The van der Waals surface area contributed by atoms with Crippen molar-refractivity contribution in [1.82, 2.24) is 9.55 Å². The number of anilines is 1. The van der Waals surface area contributed by atoms with E-state index in [-0.39, 0.29) is 0 Å². The molecule has 3 heteroatoms. The first-order valence-corrected chi connectivity index (χ1v) is 6.71. The minimum absolute atomic E-state index is 1.10. The Kier molecular flexibility index (Phi) is 3.05. The van der Waals surface area contributed by atoms with Crippen molar-refractivity contribution >= 4 is 5.95 Å². The van der Waals surface area contributed by atoms with Crippen LogP contribution < -0.4 is 4.90 Å². The first kappa shape index (κ1) is 11.3. The first-order chi connectivity index (χ1) is 8.86. The molecule has 3 nitrogen and oxygen atoms in total. The summed E-state index contributed by atoms with van der Waals surface area (Å²) in [6.07, 6.45) is 5.87. The van der Waals surface area contributed by atoms with E-state index in [0.717, 1.165) is 19.0 Å². The summed E-state index contributed by atoms with van der Waals surface area (Å²) in [5.74, 6) is 1.10. The third-order valence-electron chi connectivity index (χ3n) is 3.57.